The van der Waals surface area contributed by atoms with Crippen molar-refractivity contribution in [2.24, 2.45) is 0 Å². The zero-order chi connectivity index (χ0) is 27.7. The third-order valence-electron chi connectivity index (χ3n) is 4.97. The van der Waals surface area contributed by atoms with Gasteiger partial charge >= 0.3 is 5.97 Å². The number of esters is 1. The van der Waals surface area contributed by atoms with Gasteiger partial charge in [-0.25, -0.2) is 13.1 Å². The molecular formula is C26H26N4O7S. The molecule has 0 fully saturated rings. The summed E-state index contributed by atoms with van der Waals surface area (Å²) in [5, 5.41) is 5.08. The maximum Gasteiger partial charge on any atom is 0.325 e. The summed E-state index contributed by atoms with van der Waals surface area (Å²) in [6, 6.07) is 16.8. The molecule has 198 valence electrons. The van der Waals surface area contributed by atoms with Gasteiger partial charge in [-0.3, -0.25) is 24.2 Å². The highest BCUT2D eigenvalue weighted by molar-refractivity contribution is 7.90. The second-order valence-corrected chi connectivity index (χ2v) is 9.96. The molecule has 0 aliphatic carbocycles. The molecule has 0 saturated heterocycles. The normalized spacial score (nSPS) is 10.9. The van der Waals surface area contributed by atoms with E-state index in [-0.39, 0.29) is 40.3 Å². The Bertz CT molecular complexity index is 1410. The number of carbonyl (C=O) groups is 4. The fraction of sp³-hybridized carbons (Fsp3) is 0.192. The van der Waals surface area contributed by atoms with Gasteiger partial charge in [0.15, 0.2) is 0 Å². The first-order chi connectivity index (χ1) is 18.0. The van der Waals surface area contributed by atoms with E-state index >= 15 is 0 Å². The topological polar surface area (TPSA) is 161 Å². The number of pyridine rings is 1. The molecule has 1 heterocycles. The second-order valence-electron chi connectivity index (χ2n) is 8.28. The Kier molecular flexibility index (Phi) is 9.28. The van der Waals surface area contributed by atoms with Crippen molar-refractivity contribution < 1.29 is 32.3 Å². The lowest BCUT2D eigenvalue weighted by Crippen LogP contribution is -2.32. The van der Waals surface area contributed by atoms with Crippen molar-refractivity contribution in [3.05, 3.63) is 95.3 Å². The number of carbonyl (C=O) groups excluding carboxylic acids is 4. The van der Waals surface area contributed by atoms with Gasteiger partial charge < -0.3 is 15.4 Å². The summed E-state index contributed by atoms with van der Waals surface area (Å²) in [4.78, 5) is 52.1. The fourth-order valence-electron chi connectivity index (χ4n) is 3.12. The number of nitrogens with one attached hydrogen (secondary N) is 3. The third-order valence-corrected chi connectivity index (χ3v) is 6.32. The van der Waals surface area contributed by atoms with Gasteiger partial charge in [0.1, 0.15) is 12.2 Å². The number of hydrogen-bond acceptors (Lipinski definition) is 8. The second kappa shape index (κ2) is 12.6. The summed E-state index contributed by atoms with van der Waals surface area (Å²) >= 11 is 0. The first kappa shape index (κ1) is 28.0. The molecule has 3 rings (SSSR count). The van der Waals surface area contributed by atoms with Crippen molar-refractivity contribution in [1.29, 1.82) is 0 Å². The molecule has 2 aromatic carbocycles. The molecule has 3 aromatic rings. The minimum absolute atomic E-state index is 0.0807. The Balaban J connectivity index is 1.56. The largest absolute Gasteiger partial charge is 0.462 e. The van der Waals surface area contributed by atoms with E-state index in [4.69, 9.17) is 4.74 Å². The van der Waals surface area contributed by atoms with Crippen LogP contribution in [0.15, 0.2) is 77.8 Å². The van der Waals surface area contributed by atoms with E-state index in [1.165, 1.54) is 36.4 Å². The molecule has 0 bridgehead atoms. The molecule has 0 aliphatic rings. The Morgan fingerprint density at radius 2 is 1.47 bits per heavy atom. The molecular weight excluding hydrogens is 512 g/mol. The molecule has 0 aliphatic heterocycles. The van der Waals surface area contributed by atoms with Crippen molar-refractivity contribution in [2.45, 2.75) is 31.4 Å². The predicted molar refractivity (Wildman–Crippen MR) is 137 cm³/mol. The molecule has 0 radical (unpaired) electrons. The SMILES string of the molecule is CC(C)OC(=O)CNC(=O)c1ccc(C(=O)NS(=O)(=O)c2ccc(C(=O)NCc3ccccc3)cc2)cn1. The van der Waals surface area contributed by atoms with Crippen molar-refractivity contribution in [2.75, 3.05) is 6.54 Å². The highest BCUT2D eigenvalue weighted by Gasteiger charge is 2.20. The van der Waals surface area contributed by atoms with E-state index in [9.17, 15) is 27.6 Å². The van der Waals surface area contributed by atoms with Gasteiger partial charge in [0.25, 0.3) is 27.7 Å². The number of ether oxygens (including phenoxy) is 1. The fourth-order valence-corrected chi connectivity index (χ4v) is 4.09. The zero-order valence-corrected chi connectivity index (χ0v) is 21.4. The maximum absolute atomic E-state index is 12.6. The lowest BCUT2D eigenvalue weighted by molar-refractivity contribution is -0.146. The van der Waals surface area contributed by atoms with Gasteiger partial charge in [0, 0.05) is 18.3 Å². The Morgan fingerprint density at radius 1 is 0.816 bits per heavy atom. The molecule has 11 nitrogen and oxygen atoms in total. The number of aromatic nitrogens is 1. The van der Waals surface area contributed by atoms with Crippen LogP contribution in [-0.4, -0.2) is 49.7 Å². The Morgan fingerprint density at radius 3 is 2.08 bits per heavy atom. The summed E-state index contributed by atoms with van der Waals surface area (Å²) < 4.78 is 32.1. The van der Waals surface area contributed by atoms with Crippen LogP contribution in [0.5, 0.6) is 0 Å². The van der Waals surface area contributed by atoms with E-state index in [1.54, 1.807) is 13.8 Å². The van der Waals surface area contributed by atoms with Gasteiger partial charge in [0.05, 0.1) is 16.6 Å². The van der Waals surface area contributed by atoms with Crippen molar-refractivity contribution >= 4 is 33.7 Å². The first-order valence-electron chi connectivity index (χ1n) is 11.5. The van der Waals surface area contributed by atoms with Crippen LogP contribution in [0.3, 0.4) is 0 Å². The molecule has 0 saturated carbocycles. The zero-order valence-electron chi connectivity index (χ0n) is 20.6. The van der Waals surface area contributed by atoms with Crippen molar-refractivity contribution in [3.63, 3.8) is 0 Å². The average molecular weight is 539 g/mol. The number of amides is 3. The van der Waals surface area contributed by atoms with Crippen LogP contribution in [0.2, 0.25) is 0 Å². The summed E-state index contributed by atoms with van der Waals surface area (Å²) in [5.74, 6) is -2.63. The average Bonchev–Trinajstić information content (AvgIpc) is 2.90. The molecule has 3 N–H and O–H groups in total. The molecule has 12 heteroatoms. The third kappa shape index (κ3) is 7.96. The van der Waals surface area contributed by atoms with Gasteiger partial charge in [-0.1, -0.05) is 30.3 Å². The number of rotatable bonds is 10. The Labute approximate surface area is 219 Å². The summed E-state index contributed by atoms with van der Waals surface area (Å²) in [6.45, 7) is 3.31. The Hall–Kier alpha value is -4.58. The molecule has 1 aromatic heterocycles. The van der Waals surface area contributed by atoms with Crippen LogP contribution in [0, 0.1) is 0 Å². The van der Waals surface area contributed by atoms with E-state index in [0.717, 1.165) is 11.8 Å². The smallest absolute Gasteiger partial charge is 0.325 e. The first-order valence-corrected chi connectivity index (χ1v) is 13.0. The predicted octanol–water partition coefficient (Wildman–Crippen LogP) is 1.81. The standard InChI is InChI=1S/C26H26N4O7S/c1-17(2)37-23(31)16-29-26(34)22-13-10-20(15-27-22)25(33)30-38(35,36)21-11-8-19(9-12-21)24(32)28-14-18-6-4-3-5-7-18/h3-13,15,17H,14,16H2,1-2H3,(H,28,32)(H,29,34)(H,30,33). The number of nitrogens with zero attached hydrogens (tertiary/aromatic N) is 1. The number of hydrogen-bond donors (Lipinski definition) is 3. The molecule has 38 heavy (non-hydrogen) atoms. The van der Waals surface area contributed by atoms with Crippen LogP contribution in [0.1, 0.15) is 50.6 Å². The summed E-state index contributed by atoms with van der Waals surface area (Å²) in [5.41, 5.74) is 0.975. The van der Waals surface area contributed by atoms with Crippen LogP contribution in [-0.2, 0) is 26.1 Å². The van der Waals surface area contributed by atoms with E-state index < -0.39 is 27.8 Å². The van der Waals surface area contributed by atoms with Gasteiger partial charge in [-0.2, -0.15) is 0 Å². The minimum Gasteiger partial charge on any atom is -0.462 e. The summed E-state index contributed by atoms with van der Waals surface area (Å²) in [7, 11) is -4.25. The number of sulfonamides is 1. The van der Waals surface area contributed by atoms with Gasteiger partial charge in [0.2, 0.25) is 0 Å². The minimum atomic E-state index is -4.25. The summed E-state index contributed by atoms with van der Waals surface area (Å²) in [6.07, 6.45) is 0.709. The van der Waals surface area contributed by atoms with Gasteiger partial charge in [-0.15, -0.1) is 0 Å². The quantitative estimate of drug-likeness (QED) is 0.330. The molecule has 0 atom stereocenters. The van der Waals surface area contributed by atoms with E-state index in [2.05, 4.69) is 15.6 Å². The van der Waals surface area contributed by atoms with E-state index in [1.807, 2.05) is 35.1 Å². The van der Waals surface area contributed by atoms with E-state index in [0.29, 0.717) is 6.54 Å². The lowest BCUT2D eigenvalue weighted by Gasteiger charge is -2.09. The van der Waals surface area contributed by atoms with Crippen molar-refractivity contribution in [1.82, 2.24) is 20.3 Å². The van der Waals surface area contributed by atoms with Gasteiger partial charge in [-0.05, 0) is 55.8 Å². The van der Waals surface area contributed by atoms with Crippen LogP contribution < -0.4 is 15.4 Å². The van der Waals surface area contributed by atoms with Crippen LogP contribution in [0.25, 0.3) is 0 Å². The lowest BCUT2D eigenvalue weighted by atomic mass is 10.2. The highest BCUT2D eigenvalue weighted by Crippen LogP contribution is 2.12. The molecule has 0 spiro atoms. The molecule has 0 unspecified atom stereocenters. The number of benzene rings is 2. The van der Waals surface area contributed by atoms with Crippen LogP contribution in [0.4, 0.5) is 0 Å². The van der Waals surface area contributed by atoms with Crippen molar-refractivity contribution in [3.8, 4) is 0 Å². The molecule has 3 amide bonds. The maximum atomic E-state index is 12.6. The highest BCUT2D eigenvalue weighted by atomic mass is 32.2. The van der Waals surface area contributed by atoms with Crippen LogP contribution >= 0.6 is 0 Å². The monoisotopic (exact) mass is 538 g/mol.